The van der Waals surface area contributed by atoms with Gasteiger partial charge in [-0.15, -0.1) is 0 Å². The first-order valence-electron chi connectivity index (χ1n) is 6.05. The van der Waals surface area contributed by atoms with E-state index in [0.29, 0.717) is 19.3 Å². The summed E-state index contributed by atoms with van der Waals surface area (Å²) in [5, 5.41) is 3.06. The van der Waals surface area contributed by atoms with Crippen LogP contribution in [0.3, 0.4) is 0 Å². The van der Waals surface area contributed by atoms with Gasteiger partial charge in [0.1, 0.15) is 0 Å². The van der Waals surface area contributed by atoms with E-state index in [1.807, 2.05) is 0 Å². The van der Waals surface area contributed by atoms with Gasteiger partial charge in [0.2, 0.25) is 0 Å². The lowest BCUT2D eigenvalue weighted by atomic mass is 10.1. The summed E-state index contributed by atoms with van der Waals surface area (Å²) in [6.07, 6.45) is 3.61. The lowest BCUT2D eigenvalue weighted by Gasteiger charge is -2.23. The molecule has 0 aromatic carbocycles. The standard InChI is InChI=1S/C11H23NO3S/c1-10(2)16(13,14)8-7-15-9-11-5-3-4-6-12-11/h10-12H,3-9H2,1-2H3. The molecule has 0 aromatic rings. The molecule has 1 atom stereocenters. The van der Waals surface area contributed by atoms with E-state index in [-0.39, 0.29) is 11.0 Å². The third kappa shape index (κ3) is 4.80. The molecule has 0 amide bonds. The summed E-state index contributed by atoms with van der Waals surface area (Å²) >= 11 is 0. The van der Waals surface area contributed by atoms with Gasteiger partial charge in [-0.2, -0.15) is 0 Å². The van der Waals surface area contributed by atoms with Crippen LogP contribution < -0.4 is 5.32 Å². The highest BCUT2D eigenvalue weighted by Gasteiger charge is 2.16. The smallest absolute Gasteiger partial charge is 0.154 e. The van der Waals surface area contributed by atoms with Gasteiger partial charge in [0, 0.05) is 6.04 Å². The van der Waals surface area contributed by atoms with Crippen molar-refractivity contribution < 1.29 is 13.2 Å². The fourth-order valence-electron chi connectivity index (χ4n) is 1.70. The fraction of sp³-hybridized carbons (Fsp3) is 1.00. The van der Waals surface area contributed by atoms with Crippen molar-refractivity contribution in [1.82, 2.24) is 5.32 Å². The molecule has 1 fully saturated rings. The Morgan fingerprint density at radius 2 is 2.12 bits per heavy atom. The Bertz CT molecular complexity index is 282. The number of sulfone groups is 1. The van der Waals surface area contributed by atoms with Crippen LogP contribution in [0.2, 0.25) is 0 Å². The van der Waals surface area contributed by atoms with Crippen LogP contribution in [0.1, 0.15) is 33.1 Å². The maximum absolute atomic E-state index is 11.5. The summed E-state index contributed by atoms with van der Waals surface area (Å²) in [6.45, 7) is 5.42. The van der Waals surface area contributed by atoms with E-state index in [1.165, 1.54) is 12.8 Å². The highest BCUT2D eigenvalue weighted by Crippen LogP contribution is 2.07. The number of nitrogens with one attached hydrogen (secondary N) is 1. The summed E-state index contributed by atoms with van der Waals surface area (Å²) in [5.74, 6) is 0.136. The summed E-state index contributed by atoms with van der Waals surface area (Å²) < 4.78 is 28.4. The van der Waals surface area contributed by atoms with Gasteiger partial charge < -0.3 is 10.1 Å². The van der Waals surface area contributed by atoms with E-state index in [9.17, 15) is 8.42 Å². The SMILES string of the molecule is CC(C)S(=O)(=O)CCOCC1CCCCN1. The molecule has 4 nitrogen and oxygen atoms in total. The molecule has 16 heavy (non-hydrogen) atoms. The molecule has 1 aliphatic rings. The first-order chi connectivity index (χ1) is 7.52. The van der Waals surface area contributed by atoms with Gasteiger partial charge in [-0.25, -0.2) is 8.42 Å². The average Bonchev–Trinajstić information content (AvgIpc) is 2.26. The summed E-state index contributed by atoms with van der Waals surface area (Å²) in [5.41, 5.74) is 0. The van der Waals surface area contributed by atoms with Crippen molar-refractivity contribution in [3.63, 3.8) is 0 Å². The number of hydrogen-bond donors (Lipinski definition) is 1. The Balaban J connectivity index is 2.11. The number of hydrogen-bond acceptors (Lipinski definition) is 4. The third-order valence-corrected chi connectivity index (χ3v) is 5.13. The van der Waals surface area contributed by atoms with Crippen LogP contribution in [-0.4, -0.2) is 45.2 Å². The third-order valence-electron chi connectivity index (χ3n) is 2.96. The minimum absolute atomic E-state index is 0.136. The molecular weight excluding hydrogens is 226 g/mol. The van der Waals surface area contributed by atoms with Crippen molar-refractivity contribution in [2.75, 3.05) is 25.5 Å². The molecule has 1 rings (SSSR count). The number of piperidine rings is 1. The molecular formula is C11H23NO3S. The second kappa shape index (κ2) is 6.57. The van der Waals surface area contributed by atoms with Crippen LogP contribution in [0.25, 0.3) is 0 Å². The molecule has 0 bridgehead atoms. The molecule has 1 N–H and O–H groups in total. The van der Waals surface area contributed by atoms with Gasteiger partial charge in [-0.3, -0.25) is 0 Å². The maximum Gasteiger partial charge on any atom is 0.154 e. The predicted octanol–water partition coefficient (Wildman–Crippen LogP) is 0.968. The Morgan fingerprint density at radius 3 is 2.69 bits per heavy atom. The number of rotatable bonds is 6. The molecule has 1 aliphatic heterocycles. The van der Waals surface area contributed by atoms with Crippen molar-refractivity contribution in [3.05, 3.63) is 0 Å². The van der Waals surface area contributed by atoms with Crippen molar-refractivity contribution in [2.24, 2.45) is 0 Å². The minimum Gasteiger partial charge on any atom is -0.379 e. The van der Waals surface area contributed by atoms with Crippen LogP contribution in [0.4, 0.5) is 0 Å². The van der Waals surface area contributed by atoms with Gasteiger partial charge in [0.25, 0.3) is 0 Å². The van der Waals surface area contributed by atoms with Crippen molar-refractivity contribution in [3.8, 4) is 0 Å². The van der Waals surface area contributed by atoms with Gasteiger partial charge in [-0.05, 0) is 33.2 Å². The Labute approximate surface area is 98.7 Å². The Morgan fingerprint density at radius 1 is 1.38 bits per heavy atom. The largest absolute Gasteiger partial charge is 0.379 e. The van der Waals surface area contributed by atoms with E-state index in [2.05, 4.69) is 5.32 Å². The highest BCUT2D eigenvalue weighted by atomic mass is 32.2. The van der Waals surface area contributed by atoms with Gasteiger partial charge >= 0.3 is 0 Å². The van der Waals surface area contributed by atoms with E-state index < -0.39 is 9.84 Å². The molecule has 1 saturated heterocycles. The average molecular weight is 249 g/mol. The predicted molar refractivity (Wildman–Crippen MR) is 65.4 cm³/mol. The van der Waals surface area contributed by atoms with E-state index >= 15 is 0 Å². The second-order valence-electron chi connectivity index (χ2n) is 4.64. The van der Waals surface area contributed by atoms with Crippen molar-refractivity contribution >= 4 is 9.84 Å². The second-order valence-corrected chi connectivity index (χ2v) is 7.31. The molecule has 0 spiro atoms. The lowest BCUT2D eigenvalue weighted by molar-refractivity contribution is 0.115. The zero-order chi connectivity index (χ0) is 12.0. The van der Waals surface area contributed by atoms with E-state index in [0.717, 1.165) is 13.0 Å². The van der Waals surface area contributed by atoms with Crippen LogP contribution in [-0.2, 0) is 14.6 Å². The van der Waals surface area contributed by atoms with E-state index in [1.54, 1.807) is 13.8 Å². The monoisotopic (exact) mass is 249 g/mol. The molecule has 0 aromatic heterocycles. The zero-order valence-electron chi connectivity index (χ0n) is 10.2. The molecule has 0 radical (unpaired) electrons. The van der Waals surface area contributed by atoms with Crippen molar-refractivity contribution in [1.29, 1.82) is 0 Å². The van der Waals surface area contributed by atoms with Gasteiger partial charge in [-0.1, -0.05) is 6.42 Å². The van der Waals surface area contributed by atoms with E-state index in [4.69, 9.17) is 4.74 Å². The molecule has 96 valence electrons. The fourth-order valence-corrected chi connectivity index (χ4v) is 2.52. The van der Waals surface area contributed by atoms with Gasteiger partial charge in [0.05, 0.1) is 24.2 Å². The topological polar surface area (TPSA) is 55.4 Å². The quantitative estimate of drug-likeness (QED) is 0.713. The maximum atomic E-state index is 11.5. The highest BCUT2D eigenvalue weighted by molar-refractivity contribution is 7.91. The number of ether oxygens (including phenoxy) is 1. The molecule has 1 unspecified atom stereocenters. The zero-order valence-corrected chi connectivity index (χ0v) is 11.1. The minimum atomic E-state index is -2.95. The van der Waals surface area contributed by atoms with Crippen LogP contribution in [0.15, 0.2) is 0 Å². The van der Waals surface area contributed by atoms with Crippen molar-refractivity contribution in [2.45, 2.75) is 44.4 Å². The van der Waals surface area contributed by atoms with Crippen LogP contribution in [0, 0.1) is 0 Å². The summed E-state index contributed by atoms with van der Waals surface area (Å²) in [4.78, 5) is 0. The molecule has 0 saturated carbocycles. The first-order valence-corrected chi connectivity index (χ1v) is 7.76. The summed E-state index contributed by atoms with van der Waals surface area (Å²) in [7, 11) is -2.95. The first kappa shape index (κ1) is 13.9. The normalized spacial score (nSPS) is 22.6. The van der Waals surface area contributed by atoms with Crippen LogP contribution in [0.5, 0.6) is 0 Å². The van der Waals surface area contributed by atoms with Crippen LogP contribution >= 0.6 is 0 Å². The lowest BCUT2D eigenvalue weighted by Crippen LogP contribution is -2.38. The summed E-state index contributed by atoms with van der Waals surface area (Å²) in [6, 6.07) is 0.413. The van der Waals surface area contributed by atoms with Gasteiger partial charge in [0.15, 0.2) is 9.84 Å². The molecule has 1 heterocycles. The molecule has 0 aliphatic carbocycles. The Kier molecular flexibility index (Phi) is 5.72. The molecule has 5 heteroatoms. The Hall–Kier alpha value is -0.130.